The summed E-state index contributed by atoms with van der Waals surface area (Å²) >= 11 is 0. The van der Waals surface area contributed by atoms with Gasteiger partial charge in [-0.05, 0) is 55.2 Å². The summed E-state index contributed by atoms with van der Waals surface area (Å²) < 4.78 is 0. The number of carbonyl (C=O) groups excluding carboxylic acids is 2. The molecule has 0 radical (unpaired) electrons. The van der Waals surface area contributed by atoms with Crippen molar-refractivity contribution in [2.75, 3.05) is 0 Å². The largest absolute Gasteiger partial charge is 0.289 e. The molecule has 0 amide bonds. The van der Waals surface area contributed by atoms with Crippen molar-refractivity contribution in [3.8, 4) is 0 Å². The van der Waals surface area contributed by atoms with E-state index < -0.39 is 0 Å². The summed E-state index contributed by atoms with van der Waals surface area (Å²) in [5.74, 6) is -0.185. The molecule has 0 spiro atoms. The van der Waals surface area contributed by atoms with Gasteiger partial charge in [0, 0.05) is 11.1 Å². The third-order valence-electron chi connectivity index (χ3n) is 6.23. The summed E-state index contributed by atoms with van der Waals surface area (Å²) in [6.45, 7) is 0. The predicted octanol–water partition coefficient (Wildman–Crippen LogP) is 7.36. The van der Waals surface area contributed by atoms with Gasteiger partial charge < -0.3 is 0 Å². The van der Waals surface area contributed by atoms with Gasteiger partial charge in [-0.2, -0.15) is 0 Å². The summed E-state index contributed by atoms with van der Waals surface area (Å²) in [5, 5.41) is 10.9. The molecule has 150 valence electrons. The average Bonchev–Trinajstić information content (AvgIpc) is 2.85. The Balaban J connectivity index is 0.000000140. The molecule has 0 bridgehead atoms. The van der Waals surface area contributed by atoms with Gasteiger partial charge in [0.15, 0.2) is 11.6 Å². The van der Waals surface area contributed by atoms with Crippen LogP contribution in [-0.4, -0.2) is 11.6 Å². The molecule has 6 aromatic rings. The minimum atomic E-state index is -0.0924. The molecule has 2 heteroatoms. The second-order valence-electron chi connectivity index (χ2n) is 8.03. The van der Waals surface area contributed by atoms with Gasteiger partial charge in [0.25, 0.3) is 0 Å². The number of hydrogen-bond acceptors (Lipinski definition) is 2. The molecule has 0 aromatic heterocycles. The van der Waals surface area contributed by atoms with Crippen molar-refractivity contribution in [1.29, 1.82) is 0 Å². The fraction of sp³-hybridized carbons (Fsp3) is 0. The van der Waals surface area contributed by atoms with E-state index >= 15 is 0 Å². The molecule has 0 aliphatic heterocycles. The Hall–Kier alpha value is -4.30. The lowest BCUT2D eigenvalue weighted by atomic mass is 9.90. The third-order valence-corrected chi connectivity index (χ3v) is 6.23. The number of fused-ring (bicyclic) bond motifs is 3. The van der Waals surface area contributed by atoms with E-state index in [2.05, 4.69) is 72.8 Å². The molecule has 0 fully saturated rings. The second kappa shape index (κ2) is 7.14. The molecule has 1 aliphatic rings. The molecule has 1 aliphatic carbocycles. The van der Waals surface area contributed by atoms with Gasteiger partial charge in [-0.25, -0.2) is 0 Å². The monoisotopic (exact) mass is 410 g/mol. The molecule has 0 atom stereocenters. The summed E-state index contributed by atoms with van der Waals surface area (Å²) in [4.78, 5) is 22.4. The van der Waals surface area contributed by atoms with Crippen LogP contribution in [0.2, 0.25) is 0 Å². The van der Waals surface area contributed by atoms with Crippen molar-refractivity contribution in [2.45, 2.75) is 0 Å². The molecule has 0 saturated heterocycles. The zero-order valence-electron chi connectivity index (χ0n) is 17.2. The minimum Gasteiger partial charge on any atom is -0.289 e. The van der Waals surface area contributed by atoms with Crippen molar-refractivity contribution in [3.63, 3.8) is 0 Å². The first kappa shape index (κ1) is 18.5. The van der Waals surface area contributed by atoms with E-state index in [-0.39, 0.29) is 11.6 Å². The van der Waals surface area contributed by atoms with Crippen LogP contribution in [0, 0.1) is 0 Å². The van der Waals surface area contributed by atoms with Crippen molar-refractivity contribution in [2.24, 2.45) is 0 Å². The maximum absolute atomic E-state index is 11.2. The lowest BCUT2D eigenvalue weighted by Gasteiger charge is -2.13. The Kier molecular flexibility index (Phi) is 4.12. The molecule has 32 heavy (non-hydrogen) atoms. The van der Waals surface area contributed by atoms with Gasteiger partial charge in [-0.1, -0.05) is 97.1 Å². The average molecular weight is 410 g/mol. The molecule has 0 saturated carbocycles. The summed E-state index contributed by atoms with van der Waals surface area (Å²) in [6.07, 6.45) is 2.62. The standard InChI is InChI=1S/C20H12.C10H6O2/c1-5-13-6-2-11-17-18-12-4-8-14-7-3-10-16(20(14)18)15(9-1)19(13)17;11-9-5-6-10(12)8-4-2-1-3-7(8)9/h1-12H;1-6H. The number of benzene rings is 6. The quantitative estimate of drug-likeness (QED) is 0.194. The van der Waals surface area contributed by atoms with E-state index in [1.807, 2.05) is 0 Å². The lowest BCUT2D eigenvalue weighted by Crippen LogP contribution is -2.10. The summed E-state index contributed by atoms with van der Waals surface area (Å²) in [6, 6.07) is 33.3. The van der Waals surface area contributed by atoms with Crippen LogP contribution in [0.4, 0.5) is 0 Å². The minimum absolute atomic E-state index is 0.0924. The summed E-state index contributed by atoms with van der Waals surface area (Å²) in [5.41, 5.74) is 1.01. The van der Waals surface area contributed by atoms with Crippen molar-refractivity contribution in [1.82, 2.24) is 0 Å². The van der Waals surface area contributed by atoms with Gasteiger partial charge in [-0.15, -0.1) is 0 Å². The van der Waals surface area contributed by atoms with Crippen LogP contribution in [0.5, 0.6) is 0 Å². The van der Waals surface area contributed by atoms with Gasteiger partial charge in [-0.3, -0.25) is 9.59 Å². The Labute approximate surface area is 184 Å². The Morgan fingerprint density at radius 3 is 1.06 bits per heavy atom. The predicted molar refractivity (Wildman–Crippen MR) is 132 cm³/mol. The van der Waals surface area contributed by atoms with E-state index in [0.29, 0.717) is 11.1 Å². The lowest BCUT2D eigenvalue weighted by molar-refractivity contribution is 0.0994. The van der Waals surface area contributed by atoms with Crippen molar-refractivity contribution in [3.05, 3.63) is 120 Å². The highest BCUT2D eigenvalue weighted by Gasteiger charge is 2.17. The molecular formula is C30H18O2. The smallest absolute Gasteiger partial charge is 0.186 e. The van der Waals surface area contributed by atoms with Crippen molar-refractivity contribution < 1.29 is 9.59 Å². The number of rotatable bonds is 0. The number of ketones is 2. The zero-order chi connectivity index (χ0) is 21.7. The summed E-state index contributed by atoms with van der Waals surface area (Å²) in [7, 11) is 0. The highest BCUT2D eigenvalue weighted by Crippen LogP contribution is 2.39. The van der Waals surface area contributed by atoms with Gasteiger partial charge in [0.05, 0.1) is 0 Å². The highest BCUT2D eigenvalue weighted by atomic mass is 16.1. The van der Waals surface area contributed by atoms with Crippen LogP contribution in [0.15, 0.2) is 109 Å². The van der Waals surface area contributed by atoms with E-state index in [1.165, 1.54) is 55.2 Å². The van der Waals surface area contributed by atoms with Crippen molar-refractivity contribution >= 4 is 54.7 Å². The molecule has 0 heterocycles. The van der Waals surface area contributed by atoms with Gasteiger partial charge in [0.2, 0.25) is 0 Å². The molecular weight excluding hydrogens is 392 g/mol. The van der Waals surface area contributed by atoms with Crippen LogP contribution >= 0.6 is 0 Å². The maximum atomic E-state index is 11.2. The SMILES string of the molecule is O=C1C=CC(=O)c2ccccc21.c1cc2cccc3c4cccc5cccc(c(c1)c23)c54. The fourth-order valence-corrected chi connectivity index (χ4v) is 4.82. The van der Waals surface area contributed by atoms with Crippen LogP contribution < -0.4 is 0 Å². The van der Waals surface area contributed by atoms with Crippen LogP contribution in [-0.2, 0) is 0 Å². The molecule has 2 nitrogen and oxygen atoms in total. The topological polar surface area (TPSA) is 34.1 Å². The fourth-order valence-electron chi connectivity index (χ4n) is 4.82. The van der Waals surface area contributed by atoms with E-state index in [1.54, 1.807) is 24.3 Å². The Morgan fingerprint density at radius 2 is 0.719 bits per heavy atom. The highest BCUT2D eigenvalue weighted by molar-refractivity contribution is 6.32. The first-order valence-corrected chi connectivity index (χ1v) is 10.6. The second-order valence-corrected chi connectivity index (χ2v) is 8.03. The van der Waals surface area contributed by atoms with Crippen LogP contribution in [0.25, 0.3) is 43.1 Å². The van der Waals surface area contributed by atoms with E-state index in [4.69, 9.17) is 0 Å². The maximum Gasteiger partial charge on any atom is 0.186 e. The number of allylic oxidation sites excluding steroid dienone is 2. The van der Waals surface area contributed by atoms with Crippen LogP contribution in [0.3, 0.4) is 0 Å². The zero-order valence-corrected chi connectivity index (χ0v) is 17.2. The third kappa shape index (κ3) is 2.74. The molecule has 0 unspecified atom stereocenters. The van der Waals surface area contributed by atoms with E-state index in [9.17, 15) is 9.59 Å². The molecule has 6 aromatic carbocycles. The molecule has 7 rings (SSSR count). The Bertz CT molecular complexity index is 1500. The normalized spacial score (nSPS) is 13.0. The number of carbonyl (C=O) groups is 2. The van der Waals surface area contributed by atoms with Gasteiger partial charge in [0.1, 0.15) is 0 Å². The first-order valence-electron chi connectivity index (χ1n) is 10.6. The number of hydrogen-bond donors (Lipinski definition) is 0. The van der Waals surface area contributed by atoms with E-state index in [0.717, 1.165) is 0 Å². The molecule has 0 N–H and O–H groups in total. The Morgan fingerprint density at radius 1 is 0.375 bits per heavy atom. The first-order chi connectivity index (χ1) is 15.7. The van der Waals surface area contributed by atoms with Crippen LogP contribution in [0.1, 0.15) is 20.7 Å². The van der Waals surface area contributed by atoms with Gasteiger partial charge >= 0.3 is 0 Å².